The Bertz CT molecular complexity index is 822. The summed E-state index contributed by atoms with van der Waals surface area (Å²) in [6.45, 7) is 2.02. The molecule has 1 fully saturated rings. The maximum absolute atomic E-state index is 12.8. The summed E-state index contributed by atoms with van der Waals surface area (Å²) in [5.41, 5.74) is 0.916. The molecular weight excluding hydrogens is 443 g/mol. The van der Waals surface area contributed by atoms with Crippen molar-refractivity contribution in [1.29, 1.82) is 0 Å². The van der Waals surface area contributed by atoms with Crippen LogP contribution in [0, 0.1) is 0 Å². The van der Waals surface area contributed by atoms with Gasteiger partial charge in [0.1, 0.15) is 0 Å². The molecule has 3 unspecified atom stereocenters. The molecule has 1 aromatic heterocycles. The molecule has 0 bridgehead atoms. The van der Waals surface area contributed by atoms with Gasteiger partial charge in [0, 0.05) is 28.6 Å². The summed E-state index contributed by atoms with van der Waals surface area (Å²) in [4.78, 5) is 20.1. The predicted octanol–water partition coefficient (Wildman–Crippen LogP) is 6.74. The van der Waals surface area contributed by atoms with Gasteiger partial charge in [0.25, 0.3) is 0 Å². The number of hydrogen-bond donors (Lipinski definition) is 0. The van der Waals surface area contributed by atoms with Crippen molar-refractivity contribution < 1.29 is 4.79 Å². The van der Waals surface area contributed by atoms with E-state index in [0.717, 1.165) is 23.4 Å². The van der Waals surface area contributed by atoms with Crippen molar-refractivity contribution in [3.8, 4) is 0 Å². The number of nitrogens with zero attached hydrogens (tertiary/aromatic N) is 2. The number of thioether (sulfide) groups is 2. The molecule has 1 saturated carbocycles. The fourth-order valence-electron chi connectivity index (χ4n) is 3.43. The van der Waals surface area contributed by atoms with Crippen molar-refractivity contribution >= 4 is 52.6 Å². The molecule has 7 heteroatoms. The SMILES string of the molecule is CC(c1ccccn1)N(C)C(=O)CSC1CCCCC1Sc1ccc(Cl)c(Cl)c1. The van der Waals surface area contributed by atoms with E-state index in [4.69, 9.17) is 23.2 Å². The highest BCUT2D eigenvalue weighted by molar-refractivity contribution is 8.04. The van der Waals surface area contributed by atoms with Crippen LogP contribution in [0.2, 0.25) is 10.0 Å². The first-order valence-corrected chi connectivity index (χ1v) is 12.5. The number of carbonyl (C=O) groups excluding carboxylic acids is 1. The third-order valence-corrected chi connectivity index (χ3v) is 9.04. The molecule has 1 heterocycles. The van der Waals surface area contributed by atoms with E-state index in [1.807, 2.05) is 62.1 Å². The van der Waals surface area contributed by atoms with Gasteiger partial charge in [0.15, 0.2) is 0 Å². The lowest BCUT2D eigenvalue weighted by Gasteiger charge is -2.31. The second-order valence-electron chi connectivity index (χ2n) is 7.30. The first-order valence-electron chi connectivity index (χ1n) is 9.85. The summed E-state index contributed by atoms with van der Waals surface area (Å²) < 4.78 is 0. The average molecular weight is 470 g/mol. The Morgan fingerprint density at radius 3 is 2.62 bits per heavy atom. The van der Waals surface area contributed by atoms with Crippen LogP contribution in [0.4, 0.5) is 0 Å². The molecule has 3 nitrogen and oxygen atoms in total. The van der Waals surface area contributed by atoms with Crippen LogP contribution in [-0.2, 0) is 4.79 Å². The van der Waals surface area contributed by atoms with Crippen molar-refractivity contribution in [3.05, 3.63) is 58.3 Å². The van der Waals surface area contributed by atoms with Gasteiger partial charge in [-0.25, -0.2) is 0 Å². The van der Waals surface area contributed by atoms with Gasteiger partial charge in [0.2, 0.25) is 5.91 Å². The highest BCUT2D eigenvalue weighted by Gasteiger charge is 2.28. The minimum absolute atomic E-state index is 0.0305. The third-order valence-electron chi connectivity index (χ3n) is 5.33. The first kappa shape index (κ1) is 22.8. The number of hydrogen-bond acceptors (Lipinski definition) is 4. The predicted molar refractivity (Wildman–Crippen MR) is 126 cm³/mol. The van der Waals surface area contributed by atoms with Gasteiger partial charge in [-0.15, -0.1) is 23.5 Å². The zero-order valence-corrected chi connectivity index (χ0v) is 19.8. The van der Waals surface area contributed by atoms with Crippen LogP contribution in [0.25, 0.3) is 0 Å². The van der Waals surface area contributed by atoms with Crippen molar-refractivity contribution in [2.24, 2.45) is 0 Å². The lowest BCUT2D eigenvalue weighted by Crippen LogP contribution is -2.33. The number of pyridine rings is 1. The summed E-state index contributed by atoms with van der Waals surface area (Å²) in [5.74, 6) is 0.647. The van der Waals surface area contributed by atoms with Crippen LogP contribution in [0.3, 0.4) is 0 Å². The van der Waals surface area contributed by atoms with E-state index in [-0.39, 0.29) is 11.9 Å². The van der Waals surface area contributed by atoms with Crippen molar-refractivity contribution in [2.45, 2.75) is 54.0 Å². The van der Waals surface area contributed by atoms with E-state index >= 15 is 0 Å². The van der Waals surface area contributed by atoms with Crippen LogP contribution in [0.1, 0.15) is 44.3 Å². The number of amides is 1. The molecule has 1 aliphatic carbocycles. The van der Waals surface area contributed by atoms with Gasteiger partial charge in [-0.1, -0.05) is 42.1 Å². The van der Waals surface area contributed by atoms with E-state index in [2.05, 4.69) is 4.98 Å². The highest BCUT2D eigenvalue weighted by Crippen LogP contribution is 2.41. The molecule has 2 aromatic rings. The van der Waals surface area contributed by atoms with Gasteiger partial charge in [-0.2, -0.15) is 0 Å². The maximum atomic E-state index is 12.8. The molecule has 3 rings (SSSR count). The molecule has 0 N–H and O–H groups in total. The zero-order valence-electron chi connectivity index (χ0n) is 16.7. The van der Waals surface area contributed by atoms with Gasteiger partial charge >= 0.3 is 0 Å². The summed E-state index contributed by atoms with van der Waals surface area (Å²) in [6, 6.07) is 11.6. The molecule has 1 amide bonds. The van der Waals surface area contributed by atoms with Gasteiger partial charge in [-0.05, 0) is 50.1 Å². The maximum Gasteiger partial charge on any atom is 0.232 e. The number of aromatic nitrogens is 1. The number of rotatable bonds is 7. The molecule has 156 valence electrons. The standard InChI is InChI=1S/C22H26Cl2N2OS2/c1-15(19-7-5-6-12-25-19)26(2)22(27)14-28-20-8-3-4-9-21(20)29-16-10-11-17(23)18(24)13-16/h5-7,10-13,15,20-21H,3-4,8-9,14H2,1-2H3. The zero-order chi connectivity index (χ0) is 20.8. The van der Waals surface area contributed by atoms with E-state index in [0.29, 0.717) is 26.3 Å². The largest absolute Gasteiger partial charge is 0.337 e. The van der Waals surface area contributed by atoms with Crippen LogP contribution < -0.4 is 0 Å². The Kier molecular flexibility index (Phi) is 8.60. The molecule has 0 aliphatic heterocycles. The topological polar surface area (TPSA) is 33.2 Å². The molecule has 0 spiro atoms. The highest BCUT2D eigenvalue weighted by atomic mass is 35.5. The fraction of sp³-hybridized carbons (Fsp3) is 0.455. The lowest BCUT2D eigenvalue weighted by atomic mass is 10.00. The summed E-state index contributed by atoms with van der Waals surface area (Å²) in [7, 11) is 1.87. The van der Waals surface area contributed by atoms with Gasteiger partial charge in [0.05, 0.1) is 27.5 Å². The summed E-state index contributed by atoms with van der Waals surface area (Å²) >= 11 is 15.9. The van der Waals surface area contributed by atoms with Gasteiger partial charge in [-0.3, -0.25) is 9.78 Å². The third kappa shape index (κ3) is 6.30. The Hall–Kier alpha value is -0.880. The van der Waals surface area contributed by atoms with Crippen molar-refractivity contribution in [3.63, 3.8) is 0 Å². The fourth-order valence-corrected chi connectivity index (χ4v) is 6.69. The monoisotopic (exact) mass is 468 g/mol. The van der Waals surface area contributed by atoms with Crippen molar-refractivity contribution in [1.82, 2.24) is 9.88 Å². The van der Waals surface area contributed by atoms with Crippen LogP contribution in [0.5, 0.6) is 0 Å². The van der Waals surface area contributed by atoms with E-state index in [9.17, 15) is 4.79 Å². The number of carbonyl (C=O) groups is 1. The Morgan fingerprint density at radius 1 is 1.17 bits per heavy atom. The van der Waals surface area contributed by atoms with E-state index in [1.165, 1.54) is 12.8 Å². The lowest BCUT2D eigenvalue weighted by molar-refractivity contribution is -0.129. The van der Waals surface area contributed by atoms with Crippen LogP contribution in [0.15, 0.2) is 47.5 Å². The first-order chi connectivity index (χ1) is 14.0. The minimum atomic E-state index is -0.0305. The Balaban J connectivity index is 1.57. The molecule has 1 aromatic carbocycles. The molecular formula is C22H26Cl2N2OS2. The molecule has 0 radical (unpaired) electrons. The normalized spacial score (nSPS) is 20.3. The molecule has 0 saturated heterocycles. The van der Waals surface area contributed by atoms with E-state index < -0.39 is 0 Å². The second-order valence-corrected chi connectivity index (χ2v) is 10.7. The Labute approximate surface area is 191 Å². The molecule has 3 atom stereocenters. The Morgan fingerprint density at radius 2 is 1.93 bits per heavy atom. The minimum Gasteiger partial charge on any atom is -0.337 e. The number of halogens is 2. The summed E-state index contributed by atoms with van der Waals surface area (Å²) in [5, 5.41) is 2.13. The van der Waals surface area contributed by atoms with Gasteiger partial charge < -0.3 is 4.90 Å². The number of benzene rings is 1. The second kappa shape index (κ2) is 10.9. The van der Waals surface area contributed by atoms with Crippen LogP contribution in [-0.4, -0.2) is 39.1 Å². The molecule has 1 aliphatic rings. The molecule has 29 heavy (non-hydrogen) atoms. The smallest absolute Gasteiger partial charge is 0.232 e. The average Bonchev–Trinajstić information content (AvgIpc) is 2.75. The van der Waals surface area contributed by atoms with Crippen LogP contribution >= 0.6 is 46.7 Å². The quantitative estimate of drug-likeness (QED) is 0.449. The van der Waals surface area contributed by atoms with E-state index in [1.54, 1.807) is 22.9 Å². The van der Waals surface area contributed by atoms with Crippen molar-refractivity contribution in [2.75, 3.05) is 12.8 Å². The summed E-state index contributed by atoms with van der Waals surface area (Å²) in [6.07, 6.45) is 6.55.